The second-order valence-electron chi connectivity index (χ2n) is 2.12. The minimum absolute atomic E-state index is 0.801. The molecular weight excluding hydrogens is 146 g/mol. The summed E-state index contributed by atoms with van der Waals surface area (Å²) in [6.07, 6.45) is 0. The van der Waals surface area contributed by atoms with E-state index in [1.165, 1.54) is 10.4 Å². The molecule has 3 heteroatoms. The van der Waals surface area contributed by atoms with Crippen molar-refractivity contribution in [1.82, 2.24) is 5.48 Å². The van der Waals surface area contributed by atoms with Crippen LogP contribution in [0.25, 0.3) is 0 Å². The van der Waals surface area contributed by atoms with E-state index in [2.05, 4.69) is 23.9 Å². The lowest BCUT2D eigenvalue weighted by Crippen LogP contribution is -2.09. The van der Waals surface area contributed by atoms with Gasteiger partial charge in [0.2, 0.25) is 0 Å². The van der Waals surface area contributed by atoms with E-state index in [9.17, 15) is 0 Å². The molecule has 0 spiro atoms. The fourth-order valence-electron chi connectivity index (χ4n) is 0.727. The van der Waals surface area contributed by atoms with Gasteiger partial charge in [-0.05, 0) is 23.9 Å². The summed E-state index contributed by atoms with van der Waals surface area (Å²) in [5.74, 6) is 0. The third kappa shape index (κ3) is 2.10. The van der Waals surface area contributed by atoms with E-state index in [0.29, 0.717) is 0 Å². The van der Waals surface area contributed by atoms with Gasteiger partial charge in [-0.3, -0.25) is 0 Å². The standard InChI is InChI=1S/C7H11NOS/c1-6-3-7(10-5-6)4-8-9-2/h3,5,8H,4H2,1-2H3. The highest BCUT2D eigenvalue weighted by Crippen LogP contribution is 2.12. The highest BCUT2D eigenvalue weighted by atomic mass is 32.1. The van der Waals surface area contributed by atoms with E-state index in [1.54, 1.807) is 18.4 Å². The third-order valence-corrected chi connectivity index (χ3v) is 2.23. The molecule has 0 saturated carbocycles. The zero-order valence-electron chi connectivity index (χ0n) is 6.18. The normalized spacial score (nSPS) is 10.2. The first-order valence-electron chi connectivity index (χ1n) is 3.13. The highest BCUT2D eigenvalue weighted by molar-refractivity contribution is 7.10. The van der Waals surface area contributed by atoms with Gasteiger partial charge in [-0.1, -0.05) is 0 Å². The van der Waals surface area contributed by atoms with Crippen molar-refractivity contribution in [3.63, 3.8) is 0 Å². The van der Waals surface area contributed by atoms with Gasteiger partial charge in [-0.25, -0.2) is 0 Å². The fraction of sp³-hybridized carbons (Fsp3) is 0.429. The molecule has 0 unspecified atom stereocenters. The Hall–Kier alpha value is -0.380. The molecule has 0 amide bonds. The van der Waals surface area contributed by atoms with Crippen LogP contribution in [-0.4, -0.2) is 7.11 Å². The molecule has 0 atom stereocenters. The van der Waals surface area contributed by atoms with Crippen molar-refractivity contribution in [2.45, 2.75) is 13.5 Å². The van der Waals surface area contributed by atoms with E-state index in [4.69, 9.17) is 4.84 Å². The van der Waals surface area contributed by atoms with Crippen molar-refractivity contribution in [3.05, 3.63) is 21.9 Å². The van der Waals surface area contributed by atoms with Gasteiger partial charge in [-0.15, -0.1) is 11.3 Å². The Morgan fingerprint density at radius 3 is 3.00 bits per heavy atom. The smallest absolute Gasteiger partial charge is 0.0572 e. The second kappa shape index (κ2) is 3.71. The molecule has 0 radical (unpaired) electrons. The maximum absolute atomic E-state index is 4.71. The Morgan fingerprint density at radius 2 is 2.50 bits per heavy atom. The first-order chi connectivity index (χ1) is 4.83. The first kappa shape index (κ1) is 7.72. The van der Waals surface area contributed by atoms with Crippen LogP contribution in [0.1, 0.15) is 10.4 Å². The molecule has 0 bridgehead atoms. The maximum atomic E-state index is 4.71. The van der Waals surface area contributed by atoms with E-state index >= 15 is 0 Å². The minimum Gasteiger partial charge on any atom is -0.305 e. The molecule has 0 saturated heterocycles. The Morgan fingerprint density at radius 1 is 1.70 bits per heavy atom. The van der Waals surface area contributed by atoms with Gasteiger partial charge in [0.1, 0.15) is 0 Å². The lowest BCUT2D eigenvalue weighted by Gasteiger charge is -1.95. The number of hydroxylamine groups is 1. The molecule has 1 heterocycles. The minimum atomic E-state index is 0.801. The number of thiophene rings is 1. The molecule has 1 rings (SSSR count). The van der Waals surface area contributed by atoms with Crippen LogP contribution in [0.15, 0.2) is 11.4 Å². The van der Waals surface area contributed by atoms with Crippen molar-refractivity contribution >= 4 is 11.3 Å². The van der Waals surface area contributed by atoms with Crippen LogP contribution >= 0.6 is 11.3 Å². The van der Waals surface area contributed by atoms with Crippen molar-refractivity contribution < 1.29 is 4.84 Å². The fourth-order valence-corrected chi connectivity index (χ4v) is 1.53. The predicted octanol–water partition coefficient (Wildman–Crippen LogP) is 1.71. The van der Waals surface area contributed by atoms with Gasteiger partial charge in [-0.2, -0.15) is 5.48 Å². The molecule has 0 aliphatic carbocycles. The molecule has 56 valence electrons. The van der Waals surface area contributed by atoms with Crippen LogP contribution < -0.4 is 5.48 Å². The van der Waals surface area contributed by atoms with Crippen LogP contribution in [0.2, 0.25) is 0 Å². The number of hydrogen-bond donors (Lipinski definition) is 1. The molecule has 1 aromatic rings. The van der Waals surface area contributed by atoms with Crippen LogP contribution in [0.3, 0.4) is 0 Å². The zero-order chi connectivity index (χ0) is 7.40. The van der Waals surface area contributed by atoms with Crippen molar-refractivity contribution in [2.75, 3.05) is 7.11 Å². The van der Waals surface area contributed by atoms with E-state index in [-0.39, 0.29) is 0 Å². The van der Waals surface area contributed by atoms with Crippen molar-refractivity contribution in [2.24, 2.45) is 0 Å². The molecule has 0 aromatic carbocycles. The van der Waals surface area contributed by atoms with Gasteiger partial charge >= 0.3 is 0 Å². The molecule has 0 aliphatic rings. The monoisotopic (exact) mass is 157 g/mol. The first-order valence-corrected chi connectivity index (χ1v) is 4.00. The van der Waals surface area contributed by atoms with E-state index < -0.39 is 0 Å². The number of aryl methyl sites for hydroxylation is 1. The Bertz CT molecular complexity index is 197. The molecule has 0 fully saturated rings. The summed E-state index contributed by atoms with van der Waals surface area (Å²) in [6, 6.07) is 2.15. The zero-order valence-corrected chi connectivity index (χ0v) is 6.99. The third-order valence-electron chi connectivity index (χ3n) is 1.18. The maximum Gasteiger partial charge on any atom is 0.0572 e. The topological polar surface area (TPSA) is 21.3 Å². The number of nitrogens with one attached hydrogen (secondary N) is 1. The van der Waals surface area contributed by atoms with E-state index in [1.807, 2.05) is 0 Å². The van der Waals surface area contributed by atoms with Gasteiger partial charge < -0.3 is 4.84 Å². The predicted molar refractivity (Wildman–Crippen MR) is 42.9 cm³/mol. The van der Waals surface area contributed by atoms with Crippen LogP contribution in [0.4, 0.5) is 0 Å². The average Bonchev–Trinajstić information content (AvgIpc) is 2.31. The van der Waals surface area contributed by atoms with Crippen molar-refractivity contribution in [3.8, 4) is 0 Å². The van der Waals surface area contributed by atoms with Gasteiger partial charge in [0, 0.05) is 4.88 Å². The van der Waals surface area contributed by atoms with E-state index in [0.717, 1.165) is 6.54 Å². The summed E-state index contributed by atoms with van der Waals surface area (Å²) < 4.78 is 0. The lowest BCUT2D eigenvalue weighted by atomic mass is 10.3. The quantitative estimate of drug-likeness (QED) is 0.674. The summed E-state index contributed by atoms with van der Waals surface area (Å²) in [5, 5.41) is 2.13. The summed E-state index contributed by atoms with van der Waals surface area (Å²) in [6.45, 7) is 2.89. The van der Waals surface area contributed by atoms with Crippen LogP contribution in [0, 0.1) is 6.92 Å². The Kier molecular flexibility index (Phi) is 2.86. The summed E-state index contributed by atoms with van der Waals surface area (Å²) >= 11 is 1.75. The molecule has 1 aromatic heterocycles. The summed E-state index contributed by atoms with van der Waals surface area (Å²) in [5.41, 5.74) is 4.11. The SMILES string of the molecule is CONCc1cc(C)cs1. The molecular formula is C7H11NOS. The van der Waals surface area contributed by atoms with Crippen LogP contribution in [-0.2, 0) is 11.4 Å². The highest BCUT2D eigenvalue weighted by Gasteiger charge is 1.93. The van der Waals surface area contributed by atoms with Crippen LogP contribution in [0.5, 0.6) is 0 Å². The van der Waals surface area contributed by atoms with Crippen molar-refractivity contribution in [1.29, 1.82) is 0 Å². The molecule has 2 nitrogen and oxygen atoms in total. The molecule has 10 heavy (non-hydrogen) atoms. The number of rotatable bonds is 3. The van der Waals surface area contributed by atoms with Gasteiger partial charge in [0.25, 0.3) is 0 Å². The lowest BCUT2D eigenvalue weighted by molar-refractivity contribution is 0.0874. The Labute approximate surface area is 64.8 Å². The largest absolute Gasteiger partial charge is 0.305 e. The second-order valence-corrected chi connectivity index (χ2v) is 3.11. The summed E-state index contributed by atoms with van der Waals surface area (Å²) in [4.78, 5) is 6.02. The van der Waals surface area contributed by atoms with Gasteiger partial charge in [0.05, 0.1) is 13.7 Å². The summed E-state index contributed by atoms with van der Waals surface area (Å²) in [7, 11) is 1.63. The Balaban J connectivity index is 2.42. The van der Waals surface area contributed by atoms with Gasteiger partial charge in [0.15, 0.2) is 0 Å². The average molecular weight is 157 g/mol. The molecule has 0 aliphatic heterocycles. The molecule has 1 N–H and O–H groups in total. The number of hydrogen-bond acceptors (Lipinski definition) is 3.